The monoisotopic (exact) mass is 411 g/mol. The molecule has 0 bridgehead atoms. The highest BCUT2D eigenvalue weighted by atomic mass is 127. The van der Waals surface area contributed by atoms with Gasteiger partial charge in [-0.3, -0.25) is 4.99 Å². The lowest BCUT2D eigenvalue weighted by molar-refractivity contribution is 0.622. The summed E-state index contributed by atoms with van der Waals surface area (Å²) in [4.78, 5) is 8.02. The zero-order chi connectivity index (χ0) is 15.1. The minimum Gasteiger partial charge on any atom is -0.370 e. The number of nitrogens with zero attached hydrogens (tertiary/aromatic N) is 5. The van der Waals surface area contributed by atoms with E-state index >= 15 is 0 Å². The van der Waals surface area contributed by atoms with E-state index in [1.54, 1.807) is 4.68 Å². The van der Waals surface area contributed by atoms with E-state index in [1.807, 2.05) is 18.2 Å². The Balaban J connectivity index is 0.00000242. The second kappa shape index (κ2) is 8.99. The van der Waals surface area contributed by atoms with E-state index in [2.05, 4.69) is 39.4 Å². The maximum Gasteiger partial charge on any atom is 0.252 e. The van der Waals surface area contributed by atoms with E-state index < -0.39 is 0 Å². The van der Waals surface area contributed by atoms with Crippen LogP contribution in [-0.2, 0) is 13.0 Å². The van der Waals surface area contributed by atoms with Gasteiger partial charge in [-0.2, -0.15) is 5.26 Å². The number of anilines is 1. The molecule has 8 heteroatoms. The van der Waals surface area contributed by atoms with Crippen LogP contribution in [0.25, 0.3) is 0 Å². The van der Waals surface area contributed by atoms with Gasteiger partial charge in [0.25, 0.3) is 5.82 Å². The van der Waals surface area contributed by atoms with Crippen molar-refractivity contribution >= 4 is 35.6 Å². The molecule has 0 aliphatic rings. The largest absolute Gasteiger partial charge is 0.370 e. The first-order chi connectivity index (χ1) is 10.2. The maximum atomic E-state index is 8.62. The number of aliphatic imine (C=N–C) groups is 1. The van der Waals surface area contributed by atoms with Crippen LogP contribution in [0, 0.1) is 11.3 Å². The summed E-state index contributed by atoms with van der Waals surface area (Å²) in [6.45, 7) is 3.09. The van der Waals surface area contributed by atoms with Crippen molar-refractivity contribution in [3.05, 3.63) is 42.0 Å². The molecule has 0 atom stereocenters. The number of aryl methyl sites for hydroxylation is 1. The lowest BCUT2D eigenvalue weighted by Gasteiger charge is -2.06. The van der Waals surface area contributed by atoms with Crippen LogP contribution in [0.2, 0.25) is 0 Å². The van der Waals surface area contributed by atoms with Gasteiger partial charge in [0.1, 0.15) is 12.4 Å². The van der Waals surface area contributed by atoms with Crippen molar-refractivity contribution in [1.29, 1.82) is 5.26 Å². The Labute approximate surface area is 146 Å². The second-order valence-corrected chi connectivity index (χ2v) is 4.39. The third-order valence-corrected chi connectivity index (χ3v) is 2.88. The molecule has 1 heterocycles. The van der Waals surface area contributed by atoms with Crippen molar-refractivity contribution in [3.8, 4) is 6.07 Å². The fourth-order valence-corrected chi connectivity index (χ4v) is 1.74. The summed E-state index contributed by atoms with van der Waals surface area (Å²) in [5.74, 6) is 0.501. The summed E-state index contributed by atoms with van der Waals surface area (Å²) < 4.78 is 1.56. The van der Waals surface area contributed by atoms with Gasteiger partial charge in [0, 0.05) is 5.69 Å². The summed E-state index contributed by atoms with van der Waals surface area (Å²) in [6.07, 6.45) is 2.51. The molecule has 2 rings (SSSR count). The highest BCUT2D eigenvalue weighted by molar-refractivity contribution is 14.0. The predicted molar refractivity (Wildman–Crippen MR) is 96.1 cm³/mol. The van der Waals surface area contributed by atoms with Gasteiger partial charge < -0.3 is 11.1 Å². The first-order valence-corrected chi connectivity index (χ1v) is 6.66. The smallest absolute Gasteiger partial charge is 0.252 e. The quantitative estimate of drug-likeness (QED) is 0.443. The number of aromatic nitrogens is 3. The lowest BCUT2D eigenvalue weighted by Crippen LogP contribution is -2.23. The number of nitrogens with two attached hydrogens (primary N) is 1. The molecule has 0 unspecified atom stereocenters. The molecule has 0 aliphatic heterocycles. The average molecular weight is 411 g/mol. The fourth-order valence-electron chi connectivity index (χ4n) is 1.74. The van der Waals surface area contributed by atoms with E-state index in [1.165, 1.54) is 11.9 Å². The SMILES string of the molecule is CCc1ccc(NC(N)=NCCn2cnc(C#N)n2)cc1.I. The van der Waals surface area contributed by atoms with E-state index in [9.17, 15) is 0 Å². The molecule has 0 saturated heterocycles. The van der Waals surface area contributed by atoms with Gasteiger partial charge >= 0.3 is 0 Å². The normalized spacial score (nSPS) is 10.6. The van der Waals surface area contributed by atoms with Crippen molar-refractivity contribution in [2.24, 2.45) is 10.7 Å². The van der Waals surface area contributed by atoms with Gasteiger partial charge in [0.15, 0.2) is 5.96 Å². The highest BCUT2D eigenvalue weighted by Crippen LogP contribution is 2.09. The predicted octanol–water partition coefficient (Wildman–Crippen LogP) is 1.76. The van der Waals surface area contributed by atoms with E-state index in [0.29, 0.717) is 19.0 Å². The molecule has 2 aromatic rings. The number of benzene rings is 1. The fraction of sp³-hybridized carbons (Fsp3) is 0.286. The van der Waals surface area contributed by atoms with Crippen molar-refractivity contribution < 1.29 is 0 Å². The molecule has 0 amide bonds. The molecule has 0 fully saturated rings. The van der Waals surface area contributed by atoms with Gasteiger partial charge in [-0.1, -0.05) is 19.1 Å². The van der Waals surface area contributed by atoms with Crippen LogP contribution in [0.1, 0.15) is 18.3 Å². The Kier molecular flexibility index (Phi) is 7.31. The minimum absolute atomic E-state index is 0. The van der Waals surface area contributed by atoms with E-state index in [-0.39, 0.29) is 29.8 Å². The number of guanidine groups is 1. The number of halogens is 1. The van der Waals surface area contributed by atoms with Crippen LogP contribution >= 0.6 is 24.0 Å². The number of nitrogens with one attached hydrogen (secondary N) is 1. The first kappa shape index (κ1) is 17.9. The molecule has 3 N–H and O–H groups in total. The summed E-state index contributed by atoms with van der Waals surface area (Å²) in [5.41, 5.74) is 7.99. The Morgan fingerprint density at radius 3 is 2.73 bits per heavy atom. The zero-order valence-electron chi connectivity index (χ0n) is 12.2. The highest BCUT2D eigenvalue weighted by Gasteiger charge is 1.99. The molecule has 0 radical (unpaired) electrons. The Morgan fingerprint density at radius 1 is 1.41 bits per heavy atom. The van der Waals surface area contributed by atoms with Gasteiger partial charge in [0.2, 0.25) is 0 Å². The molecule has 1 aromatic carbocycles. The Morgan fingerprint density at radius 2 is 2.14 bits per heavy atom. The lowest BCUT2D eigenvalue weighted by atomic mass is 10.1. The molecule has 7 nitrogen and oxygen atoms in total. The minimum atomic E-state index is 0. The Hall–Kier alpha value is -2.15. The average Bonchev–Trinajstić information content (AvgIpc) is 2.96. The topological polar surface area (TPSA) is 105 Å². The molecule has 22 heavy (non-hydrogen) atoms. The molecular weight excluding hydrogens is 393 g/mol. The molecule has 0 spiro atoms. The Bertz CT molecular complexity index is 655. The van der Waals surface area contributed by atoms with Crippen LogP contribution in [-0.4, -0.2) is 27.3 Å². The summed E-state index contributed by atoms with van der Waals surface area (Å²) in [6, 6.07) is 9.91. The second-order valence-electron chi connectivity index (χ2n) is 4.39. The summed E-state index contributed by atoms with van der Waals surface area (Å²) in [7, 11) is 0. The van der Waals surface area contributed by atoms with Gasteiger partial charge in [-0.25, -0.2) is 9.67 Å². The van der Waals surface area contributed by atoms with Crippen LogP contribution in [0.15, 0.2) is 35.6 Å². The van der Waals surface area contributed by atoms with E-state index in [0.717, 1.165) is 12.1 Å². The number of rotatable bonds is 5. The van der Waals surface area contributed by atoms with Crippen molar-refractivity contribution in [3.63, 3.8) is 0 Å². The molecule has 0 saturated carbocycles. The van der Waals surface area contributed by atoms with Crippen LogP contribution in [0.3, 0.4) is 0 Å². The van der Waals surface area contributed by atoms with Gasteiger partial charge in [-0.05, 0) is 24.1 Å². The summed E-state index contributed by atoms with van der Waals surface area (Å²) in [5, 5.41) is 15.6. The van der Waals surface area contributed by atoms with Crippen molar-refractivity contribution in [2.75, 3.05) is 11.9 Å². The number of hydrogen-bond acceptors (Lipinski definition) is 4. The maximum absolute atomic E-state index is 8.62. The number of hydrogen-bond donors (Lipinski definition) is 2. The van der Waals surface area contributed by atoms with E-state index in [4.69, 9.17) is 11.0 Å². The molecular formula is C14H18IN7. The molecule has 0 aliphatic carbocycles. The van der Waals surface area contributed by atoms with Crippen molar-refractivity contribution in [2.45, 2.75) is 19.9 Å². The van der Waals surface area contributed by atoms with Crippen molar-refractivity contribution in [1.82, 2.24) is 14.8 Å². The third-order valence-electron chi connectivity index (χ3n) is 2.88. The first-order valence-electron chi connectivity index (χ1n) is 6.66. The van der Waals surface area contributed by atoms with Crippen LogP contribution < -0.4 is 11.1 Å². The van der Waals surface area contributed by atoms with Gasteiger partial charge in [-0.15, -0.1) is 29.1 Å². The number of nitriles is 1. The zero-order valence-corrected chi connectivity index (χ0v) is 14.6. The summed E-state index contributed by atoms with van der Waals surface area (Å²) >= 11 is 0. The third kappa shape index (κ3) is 5.33. The van der Waals surface area contributed by atoms with Gasteiger partial charge in [0.05, 0.1) is 13.1 Å². The van der Waals surface area contributed by atoms with Crippen LogP contribution in [0.5, 0.6) is 0 Å². The molecule has 1 aromatic heterocycles. The standard InChI is InChI=1S/C14H17N7.HI/c1-2-11-3-5-12(6-4-11)19-14(16)17-7-8-21-10-18-13(9-15)20-21;/h3-6,10H,2,7-8H2,1H3,(H3,16,17,19);1H. The van der Waals surface area contributed by atoms with Crippen LogP contribution in [0.4, 0.5) is 5.69 Å². The molecule has 116 valence electrons.